The molecule has 7 heteroatoms. The van der Waals surface area contributed by atoms with Gasteiger partial charge in [-0.1, -0.05) is 41.9 Å². The number of aromatic hydroxyl groups is 1. The van der Waals surface area contributed by atoms with Gasteiger partial charge in [-0.2, -0.15) is 0 Å². The van der Waals surface area contributed by atoms with Crippen molar-refractivity contribution in [3.05, 3.63) is 76.0 Å². The lowest BCUT2D eigenvalue weighted by Crippen LogP contribution is -2.44. The second-order valence-electron chi connectivity index (χ2n) is 8.59. The average Bonchev–Trinajstić information content (AvgIpc) is 2.85. The largest absolute Gasteiger partial charge is 0.506 e. The number of para-hydroxylation sites is 1. The molecule has 0 saturated carbocycles. The van der Waals surface area contributed by atoms with Crippen molar-refractivity contribution in [1.82, 2.24) is 9.88 Å². The van der Waals surface area contributed by atoms with Crippen LogP contribution in [0.4, 0.5) is 5.69 Å². The maximum absolute atomic E-state index is 12.9. The van der Waals surface area contributed by atoms with E-state index in [-0.39, 0.29) is 11.3 Å². The molecule has 1 aliphatic rings. The van der Waals surface area contributed by atoms with E-state index in [0.29, 0.717) is 27.2 Å². The van der Waals surface area contributed by atoms with Crippen molar-refractivity contribution in [2.75, 3.05) is 45.2 Å². The van der Waals surface area contributed by atoms with Crippen LogP contribution < -0.4 is 15.2 Å². The van der Waals surface area contributed by atoms with Crippen molar-refractivity contribution in [2.24, 2.45) is 0 Å². The first-order valence-electron chi connectivity index (χ1n) is 11.2. The van der Waals surface area contributed by atoms with Crippen molar-refractivity contribution >= 4 is 28.2 Å². The Labute approximate surface area is 203 Å². The molecule has 0 bridgehead atoms. The van der Waals surface area contributed by atoms with Gasteiger partial charge in [0.25, 0.3) is 5.56 Å². The lowest BCUT2D eigenvalue weighted by atomic mass is 9.98. The second kappa shape index (κ2) is 9.05. The predicted molar refractivity (Wildman–Crippen MR) is 138 cm³/mol. The summed E-state index contributed by atoms with van der Waals surface area (Å²) in [7, 11) is 3.68. The zero-order valence-corrected chi connectivity index (χ0v) is 19.9. The summed E-state index contributed by atoms with van der Waals surface area (Å²) >= 11 is 6.61. The lowest BCUT2D eigenvalue weighted by Gasteiger charge is -2.34. The summed E-state index contributed by atoms with van der Waals surface area (Å²) in [6.07, 6.45) is 0. The number of piperazine rings is 1. The summed E-state index contributed by atoms with van der Waals surface area (Å²) in [5.74, 6) is 0.409. The molecule has 34 heavy (non-hydrogen) atoms. The number of benzene rings is 3. The molecule has 0 atom stereocenters. The maximum atomic E-state index is 12.9. The number of likely N-dealkylation sites (N-methyl/N-ethyl adjacent to an activating group) is 1. The van der Waals surface area contributed by atoms with Crippen LogP contribution in [-0.4, -0.2) is 55.3 Å². The van der Waals surface area contributed by atoms with Crippen LogP contribution in [0.25, 0.3) is 33.2 Å². The molecule has 0 radical (unpaired) electrons. The fraction of sp³-hybridized carbons (Fsp3) is 0.222. The number of hydrogen-bond acceptors (Lipinski definition) is 5. The number of aromatic nitrogens is 1. The van der Waals surface area contributed by atoms with Gasteiger partial charge in [-0.05, 0) is 42.9 Å². The smallest absolute Gasteiger partial charge is 0.260 e. The number of aromatic amines is 1. The number of nitrogens with one attached hydrogen (secondary N) is 1. The molecule has 5 rings (SSSR count). The zero-order valence-electron chi connectivity index (χ0n) is 19.1. The molecule has 0 unspecified atom stereocenters. The van der Waals surface area contributed by atoms with Crippen LogP contribution in [0, 0.1) is 0 Å². The van der Waals surface area contributed by atoms with Gasteiger partial charge in [-0.25, -0.2) is 0 Å². The molecule has 0 spiro atoms. The molecule has 1 aromatic heterocycles. The van der Waals surface area contributed by atoms with Crippen LogP contribution in [0.2, 0.25) is 5.02 Å². The average molecular weight is 476 g/mol. The molecule has 1 fully saturated rings. The maximum Gasteiger partial charge on any atom is 0.260 e. The topological polar surface area (TPSA) is 68.8 Å². The van der Waals surface area contributed by atoms with Crippen LogP contribution in [0.15, 0.2) is 65.5 Å². The van der Waals surface area contributed by atoms with E-state index in [4.69, 9.17) is 16.3 Å². The van der Waals surface area contributed by atoms with Crippen LogP contribution in [0.1, 0.15) is 0 Å². The third-order valence-corrected chi connectivity index (χ3v) is 6.81. The third kappa shape index (κ3) is 4.00. The van der Waals surface area contributed by atoms with Crippen molar-refractivity contribution < 1.29 is 9.84 Å². The standard InChI is InChI=1S/C27H26ClN3O3/c1-30-11-13-31(14-12-30)18-9-7-17(8-10-18)20-15-21-23(16-22(20)28)29-27(33)25(26(21)32)19-5-3-4-6-24(19)34-2/h3-10,15-16H,11-14H2,1-2H3,(H2,29,32,33). The van der Waals surface area contributed by atoms with Crippen molar-refractivity contribution in [3.63, 3.8) is 0 Å². The minimum absolute atomic E-state index is 0.102. The Morgan fingerprint density at radius 2 is 1.68 bits per heavy atom. The van der Waals surface area contributed by atoms with Gasteiger partial charge in [0, 0.05) is 48.4 Å². The van der Waals surface area contributed by atoms with Gasteiger partial charge in [-0.15, -0.1) is 0 Å². The molecule has 2 heterocycles. The van der Waals surface area contributed by atoms with Crippen molar-refractivity contribution in [3.8, 4) is 33.8 Å². The Morgan fingerprint density at radius 1 is 0.971 bits per heavy atom. The number of rotatable bonds is 4. The molecule has 1 saturated heterocycles. The second-order valence-corrected chi connectivity index (χ2v) is 9.00. The summed E-state index contributed by atoms with van der Waals surface area (Å²) in [6, 6.07) is 18.9. The molecule has 2 N–H and O–H groups in total. The number of H-pyrrole nitrogens is 1. The highest BCUT2D eigenvalue weighted by Crippen LogP contribution is 2.40. The van der Waals surface area contributed by atoms with Crippen molar-refractivity contribution in [1.29, 1.82) is 0 Å². The van der Waals surface area contributed by atoms with E-state index in [0.717, 1.165) is 37.3 Å². The van der Waals surface area contributed by atoms with E-state index in [2.05, 4.69) is 34.0 Å². The first-order valence-corrected chi connectivity index (χ1v) is 11.6. The highest BCUT2D eigenvalue weighted by molar-refractivity contribution is 6.34. The van der Waals surface area contributed by atoms with E-state index in [1.807, 2.05) is 24.3 Å². The minimum Gasteiger partial charge on any atom is -0.506 e. The molecule has 0 aliphatic carbocycles. The van der Waals surface area contributed by atoms with E-state index in [1.54, 1.807) is 24.3 Å². The number of pyridine rings is 1. The Kier molecular flexibility index (Phi) is 5.94. The molecular formula is C27H26ClN3O3. The number of hydrogen-bond donors (Lipinski definition) is 2. The normalized spacial score (nSPS) is 14.5. The van der Waals surface area contributed by atoms with Gasteiger partial charge in [0.1, 0.15) is 11.5 Å². The molecule has 0 amide bonds. The minimum atomic E-state index is -0.408. The highest BCUT2D eigenvalue weighted by Gasteiger charge is 2.19. The number of halogens is 1. The predicted octanol–water partition coefficient (Wildman–Crippen LogP) is 4.98. The number of methoxy groups -OCH3 is 1. The van der Waals surface area contributed by atoms with Gasteiger partial charge in [0.15, 0.2) is 0 Å². The van der Waals surface area contributed by atoms with E-state index < -0.39 is 5.56 Å². The Balaban J connectivity index is 1.58. The summed E-state index contributed by atoms with van der Waals surface area (Å²) in [6.45, 7) is 4.09. The molecule has 3 aromatic carbocycles. The molecule has 1 aliphatic heterocycles. The Bertz CT molecular complexity index is 1410. The summed E-state index contributed by atoms with van der Waals surface area (Å²) in [5.41, 5.74) is 3.67. The Hall–Kier alpha value is -3.48. The number of fused-ring (bicyclic) bond motifs is 1. The van der Waals surface area contributed by atoms with Gasteiger partial charge in [-0.3, -0.25) is 4.79 Å². The van der Waals surface area contributed by atoms with Gasteiger partial charge < -0.3 is 24.6 Å². The zero-order chi connectivity index (χ0) is 23.8. The van der Waals surface area contributed by atoms with Crippen LogP contribution in [-0.2, 0) is 0 Å². The molecule has 174 valence electrons. The first kappa shape index (κ1) is 22.3. The van der Waals surface area contributed by atoms with Crippen LogP contribution in [0.5, 0.6) is 11.5 Å². The lowest BCUT2D eigenvalue weighted by molar-refractivity contribution is 0.313. The van der Waals surface area contributed by atoms with E-state index >= 15 is 0 Å². The summed E-state index contributed by atoms with van der Waals surface area (Å²) < 4.78 is 5.41. The van der Waals surface area contributed by atoms with Gasteiger partial charge >= 0.3 is 0 Å². The fourth-order valence-electron chi connectivity index (χ4n) is 4.54. The SMILES string of the molecule is COc1ccccc1-c1c(O)c2cc(-c3ccc(N4CCN(C)CC4)cc3)c(Cl)cc2[nH]c1=O. The summed E-state index contributed by atoms with van der Waals surface area (Å²) in [5, 5.41) is 12.2. The molecular weight excluding hydrogens is 450 g/mol. The van der Waals surface area contributed by atoms with Crippen LogP contribution >= 0.6 is 11.6 Å². The molecule has 6 nitrogen and oxygen atoms in total. The molecule has 4 aromatic rings. The van der Waals surface area contributed by atoms with E-state index in [9.17, 15) is 9.90 Å². The third-order valence-electron chi connectivity index (χ3n) is 6.50. The van der Waals surface area contributed by atoms with Crippen molar-refractivity contribution in [2.45, 2.75) is 0 Å². The first-order chi connectivity index (χ1) is 16.5. The summed E-state index contributed by atoms with van der Waals surface area (Å²) in [4.78, 5) is 20.4. The monoisotopic (exact) mass is 475 g/mol. The number of ether oxygens (including phenoxy) is 1. The number of nitrogens with zero attached hydrogens (tertiary/aromatic N) is 2. The van der Waals surface area contributed by atoms with Gasteiger partial charge in [0.05, 0.1) is 23.2 Å². The Morgan fingerprint density at radius 3 is 2.38 bits per heavy atom. The van der Waals surface area contributed by atoms with Gasteiger partial charge in [0.2, 0.25) is 0 Å². The quantitative estimate of drug-likeness (QED) is 0.435. The van der Waals surface area contributed by atoms with E-state index in [1.165, 1.54) is 12.8 Å². The van der Waals surface area contributed by atoms with Crippen LogP contribution in [0.3, 0.4) is 0 Å². The highest BCUT2D eigenvalue weighted by atomic mass is 35.5. The number of anilines is 1. The fourth-order valence-corrected chi connectivity index (χ4v) is 4.81.